The minimum absolute atomic E-state index is 1.07. The van der Waals surface area contributed by atoms with Crippen molar-refractivity contribution >= 4 is 0 Å². The molecule has 1 heterocycles. The fourth-order valence-electron chi connectivity index (χ4n) is 1.03. The van der Waals surface area contributed by atoms with E-state index in [2.05, 4.69) is 11.3 Å². The molecule has 0 atom stereocenters. The molecule has 2 rings (SSSR count). The summed E-state index contributed by atoms with van der Waals surface area (Å²) in [4.78, 5) is 3.90. The molecule has 2 heteroatoms. The highest BCUT2D eigenvalue weighted by Crippen LogP contribution is 1.95. The zero-order valence-electron chi connectivity index (χ0n) is 6.51. The molecule has 58 valence electrons. The Hall–Kier alpha value is -1.70. The van der Waals surface area contributed by atoms with E-state index in [4.69, 9.17) is 0 Å². The lowest BCUT2D eigenvalue weighted by Gasteiger charge is -2.02. The van der Waals surface area contributed by atoms with Gasteiger partial charge in [0.15, 0.2) is 0 Å². The van der Waals surface area contributed by atoms with Crippen molar-refractivity contribution in [2.45, 2.75) is 0 Å². The lowest BCUT2D eigenvalue weighted by molar-refractivity contribution is -0.603. The first-order valence-electron chi connectivity index (χ1n) is 3.76. The van der Waals surface area contributed by atoms with Crippen molar-refractivity contribution in [3.05, 3.63) is 55.1 Å². The second kappa shape index (κ2) is 3.13. The van der Waals surface area contributed by atoms with E-state index in [0.717, 1.165) is 5.69 Å². The molecule has 2 aromatic rings. The first-order chi connectivity index (χ1) is 5.97. The number of hydrogen-bond acceptors (Lipinski definition) is 1. The van der Waals surface area contributed by atoms with Crippen LogP contribution in [0.15, 0.2) is 48.8 Å². The van der Waals surface area contributed by atoms with Crippen molar-refractivity contribution < 1.29 is 4.57 Å². The predicted octanol–water partition coefficient (Wildman–Crippen LogP) is 1.16. The molecule has 0 aliphatic carbocycles. The molecule has 12 heavy (non-hydrogen) atoms. The number of benzene rings is 1. The topological polar surface area (TPSA) is 16.8 Å². The molecule has 1 aromatic heterocycles. The van der Waals surface area contributed by atoms with Crippen molar-refractivity contribution in [2.24, 2.45) is 0 Å². The molecular formula is C10H8N2. The normalized spacial score (nSPS) is 9.67. The van der Waals surface area contributed by atoms with Gasteiger partial charge < -0.3 is 4.57 Å². The summed E-state index contributed by atoms with van der Waals surface area (Å²) in [6.07, 6.45) is 6.48. The summed E-state index contributed by atoms with van der Waals surface area (Å²) in [5, 5.41) is 0. The molecule has 0 amide bonds. The van der Waals surface area contributed by atoms with E-state index in [0.29, 0.717) is 0 Å². The van der Waals surface area contributed by atoms with E-state index in [1.165, 1.54) is 0 Å². The fourth-order valence-corrected chi connectivity index (χ4v) is 1.03. The maximum atomic E-state index is 3.90. The zero-order valence-corrected chi connectivity index (χ0v) is 6.51. The average Bonchev–Trinajstić information content (AvgIpc) is 2.21. The van der Waals surface area contributed by atoms with Gasteiger partial charge in [-0.1, -0.05) is 36.4 Å². The van der Waals surface area contributed by atoms with Gasteiger partial charge in [-0.05, 0) is 0 Å². The summed E-state index contributed by atoms with van der Waals surface area (Å²) in [5.41, 5.74) is 1.07. The smallest absolute Gasteiger partial charge is 0.287 e. The van der Waals surface area contributed by atoms with Gasteiger partial charge in [0.25, 0.3) is 6.33 Å². The average molecular weight is 156 g/mol. The van der Waals surface area contributed by atoms with Crippen molar-refractivity contribution in [1.82, 2.24) is 4.98 Å². The number of nitrogens with zero attached hydrogens (tertiary/aromatic N) is 2. The van der Waals surface area contributed by atoms with Crippen molar-refractivity contribution in [2.75, 3.05) is 0 Å². The second-order valence-corrected chi connectivity index (χ2v) is 2.43. The van der Waals surface area contributed by atoms with Crippen molar-refractivity contribution in [3.63, 3.8) is 0 Å². The molecule has 0 bridgehead atoms. The first-order valence-corrected chi connectivity index (χ1v) is 3.76. The van der Waals surface area contributed by atoms with Gasteiger partial charge in [0.05, 0.1) is 11.9 Å². The van der Waals surface area contributed by atoms with Crippen LogP contribution in [0, 0.1) is 6.33 Å². The van der Waals surface area contributed by atoms with Crippen LogP contribution in [-0.4, -0.2) is 4.98 Å². The SMILES string of the molecule is [c-]1nccc[n+]1-c1ccccc1. The maximum Gasteiger partial charge on any atom is 0.287 e. The van der Waals surface area contributed by atoms with Crippen LogP contribution in [0.5, 0.6) is 0 Å². The molecule has 0 spiro atoms. The zero-order chi connectivity index (χ0) is 8.23. The van der Waals surface area contributed by atoms with Gasteiger partial charge in [-0.3, -0.25) is 0 Å². The third kappa shape index (κ3) is 1.32. The van der Waals surface area contributed by atoms with Gasteiger partial charge in [0.2, 0.25) is 0 Å². The van der Waals surface area contributed by atoms with E-state index in [1.807, 2.05) is 47.2 Å². The summed E-state index contributed by atoms with van der Waals surface area (Å²) in [7, 11) is 0. The monoisotopic (exact) mass is 156 g/mol. The number of rotatable bonds is 1. The highest BCUT2D eigenvalue weighted by Gasteiger charge is 1.90. The van der Waals surface area contributed by atoms with E-state index in [1.54, 1.807) is 6.20 Å². The molecule has 0 saturated carbocycles. The number of para-hydroxylation sites is 1. The van der Waals surface area contributed by atoms with Crippen LogP contribution < -0.4 is 4.57 Å². The summed E-state index contributed by atoms with van der Waals surface area (Å²) in [6, 6.07) is 11.9. The molecule has 2 nitrogen and oxygen atoms in total. The Balaban J connectivity index is 2.46. The van der Waals surface area contributed by atoms with Gasteiger partial charge in [-0.25, -0.2) is 0 Å². The number of aromatic nitrogens is 2. The first kappa shape index (κ1) is 6.98. The lowest BCUT2D eigenvalue weighted by Crippen LogP contribution is -2.30. The Bertz CT molecular complexity index is 305. The van der Waals surface area contributed by atoms with Crippen LogP contribution in [0.25, 0.3) is 5.69 Å². The molecule has 0 saturated heterocycles. The third-order valence-corrected chi connectivity index (χ3v) is 1.60. The summed E-state index contributed by atoms with van der Waals surface area (Å²) in [5.74, 6) is 0. The van der Waals surface area contributed by atoms with Gasteiger partial charge in [0.1, 0.15) is 0 Å². The second-order valence-electron chi connectivity index (χ2n) is 2.43. The molecule has 0 N–H and O–H groups in total. The van der Waals surface area contributed by atoms with Gasteiger partial charge in [0, 0.05) is 6.20 Å². The van der Waals surface area contributed by atoms with Crippen LogP contribution in [0.2, 0.25) is 0 Å². The van der Waals surface area contributed by atoms with Crippen molar-refractivity contribution in [1.29, 1.82) is 0 Å². The molecule has 0 aliphatic heterocycles. The molecular weight excluding hydrogens is 148 g/mol. The minimum Gasteiger partial charge on any atom is -0.318 e. The summed E-state index contributed by atoms with van der Waals surface area (Å²) >= 11 is 0. The van der Waals surface area contributed by atoms with E-state index >= 15 is 0 Å². The Morgan fingerprint density at radius 3 is 2.58 bits per heavy atom. The maximum absolute atomic E-state index is 3.90. The van der Waals surface area contributed by atoms with Gasteiger partial charge in [-0.15, -0.1) is 4.98 Å². The number of hydrogen-bond donors (Lipinski definition) is 0. The third-order valence-electron chi connectivity index (χ3n) is 1.60. The highest BCUT2D eigenvalue weighted by molar-refractivity contribution is 5.20. The van der Waals surface area contributed by atoms with E-state index in [-0.39, 0.29) is 0 Å². The van der Waals surface area contributed by atoms with Crippen LogP contribution in [-0.2, 0) is 0 Å². The van der Waals surface area contributed by atoms with Crippen LogP contribution in [0.1, 0.15) is 0 Å². The molecule has 1 aromatic carbocycles. The Labute approximate surface area is 71.1 Å². The summed E-state index contributed by atoms with van der Waals surface area (Å²) in [6.45, 7) is 0. The van der Waals surface area contributed by atoms with Crippen LogP contribution in [0.3, 0.4) is 0 Å². The lowest BCUT2D eigenvalue weighted by atomic mass is 10.3. The fraction of sp³-hybridized carbons (Fsp3) is 0. The quantitative estimate of drug-likeness (QED) is 0.447. The Kier molecular flexibility index (Phi) is 1.82. The Morgan fingerprint density at radius 2 is 1.92 bits per heavy atom. The van der Waals surface area contributed by atoms with Gasteiger partial charge >= 0.3 is 0 Å². The van der Waals surface area contributed by atoms with Gasteiger partial charge in [-0.2, -0.15) is 0 Å². The largest absolute Gasteiger partial charge is 0.318 e. The van der Waals surface area contributed by atoms with E-state index < -0.39 is 0 Å². The van der Waals surface area contributed by atoms with Crippen LogP contribution >= 0.6 is 0 Å². The van der Waals surface area contributed by atoms with Crippen molar-refractivity contribution in [3.8, 4) is 5.69 Å². The van der Waals surface area contributed by atoms with E-state index in [9.17, 15) is 0 Å². The highest BCUT2D eigenvalue weighted by atomic mass is 15.0. The minimum atomic E-state index is 1.07. The molecule has 0 unspecified atom stereocenters. The molecule has 0 aliphatic rings. The summed E-state index contributed by atoms with van der Waals surface area (Å²) < 4.78 is 1.85. The van der Waals surface area contributed by atoms with Crippen LogP contribution in [0.4, 0.5) is 0 Å². The molecule has 0 fully saturated rings. The Morgan fingerprint density at radius 1 is 1.08 bits per heavy atom. The standard InChI is InChI=1S/C10H8N2/c1-2-5-10(6-3-1)12-8-4-7-11-9-12/h1-8H. The predicted molar refractivity (Wildman–Crippen MR) is 44.6 cm³/mol. The molecule has 0 radical (unpaired) electrons.